The Hall–Kier alpha value is -2.51. The number of nitro benzene ring substituents is 1. The topological polar surface area (TPSA) is 92.5 Å². The van der Waals surface area contributed by atoms with Gasteiger partial charge in [0.15, 0.2) is 0 Å². The maximum absolute atomic E-state index is 13.4. The minimum absolute atomic E-state index is 0.0159. The summed E-state index contributed by atoms with van der Waals surface area (Å²) in [6, 6.07) is 2.93. The SMILES string of the molecule is O=C1CN(C(=O)c2ccc([N+](=O)[O-])c(F)c2)CCN1. The predicted octanol–water partition coefficient (Wildman–Crippen LogP) is 0.306. The summed E-state index contributed by atoms with van der Waals surface area (Å²) in [5.41, 5.74) is -0.703. The summed E-state index contributed by atoms with van der Waals surface area (Å²) in [4.78, 5) is 34.0. The Balaban J connectivity index is 2.22. The normalized spacial score (nSPS) is 15.0. The summed E-state index contributed by atoms with van der Waals surface area (Å²) in [5, 5.41) is 13.0. The van der Waals surface area contributed by atoms with Crippen LogP contribution in [0.2, 0.25) is 0 Å². The van der Waals surface area contributed by atoms with E-state index >= 15 is 0 Å². The molecule has 1 aliphatic rings. The second-order valence-electron chi connectivity index (χ2n) is 4.00. The van der Waals surface area contributed by atoms with Gasteiger partial charge in [0, 0.05) is 24.7 Å². The first-order valence-electron chi connectivity index (χ1n) is 5.49. The lowest BCUT2D eigenvalue weighted by Gasteiger charge is -2.26. The molecule has 0 saturated carbocycles. The van der Waals surface area contributed by atoms with Gasteiger partial charge < -0.3 is 10.2 Å². The number of nitro groups is 1. The highest BCUT2D eigenvalue weighted by molar-refractivity contribution is 5.97. The molecular weight excluding hydrogens is 257 g/mol. The molecule has 0 spiro atoms. The van der Waals surface area contributed by atoms with Crippen molar-refractivity contribution >= 4 is 17.5 Å². The van der Waals surface area contributed by atoms with E-state index < -0.39 is 22.3 Å². The number of rotatable bonds is 2. The standard InChI is InChI=1S/C11H10FN3O4/c12-8-5-7(1-2-9(8)15(18)19)11(17)14-4-3-13-10(16)6-14/h1-2,5H,3-4,6H2,(H,13,16). The molecule has 0 radical (unpaired) electrons. The Kier molecular flexibility index (Phi) is 3.41. The van der Waals surface area contributed by atoms with Crippen LogP contribution < -0.4 is 5.32 Å². The predicted molar refractivity (Wildman–Crippen MR) is 62.0 cm³/mol. The maximum atomic E-state index is 13.4. The third-order valence-corrected chi connectivity index (χ3v) is 2.72. The van der Waals surface area contributed by atoms with E-state index in [1.165, 1.54) is 11.0 Å². The number of nitrogens with zero attached hydrogens (tertiary/aromatic N) is 2. The van der Waals surface area contributed by atoms with Crippen LogP contribution in [0.3, 0.4) is 0 Å². The van der Waals surface area contributed by atoms with Gasteiger partial charge in [0.05, 0.1) is 11.5 Å². The highest BCUT2D eigenvalue weighted by atomic mass is 19.1. The Morgan fingerprint density at radius 1 is 1.47 bits per heavy atom. The minimum atomic E-state index is -1.07. The lowest BCUT2D eigenvalue weighted by atomic mass is 10.1. The van der Waals surface area contributed by atoms with E-state index in [4.69, 9.17) is 0 Å². The highest BCUT2D eigenvalue weighted by Gasteiger charge is 2.24. The number of amides is 2. The van der Waals surface area contributed by atoms with Gasteiger partial charge in [-0.2, -0.15) is 4.39 Å². The molecule has 1 fully saturated rings. The van der Waals surface area contributed by atoms with E-state index in [0.717, 1.165) is 12.1 Å². The van der Waals surface area contributed by atoms with Crippen LogP contribution in [-0.4, -0.2) is 41.3 Å². The number of nitrogens with one attached hydrogen (secondary N) is 1. The van der Waals surface area contributed by atoms with E-state index in [1.807, 2.05) is 0 Å². The molecule has 1 aromatic rings. The van der Waals surface area contributed by atoms with Crippen LogP contribution in [0.4, 0.5) is 10.1 Å². The summed E-state index contributed by atoms with van der Waals surface area (Å²) in [5.74, 6) is -1.89. The van der Waals surface area contributed by atoms with E-state index in [9.17, 15) is 24.1 Å². The number of carbonyl (C=O) groups is 2. The third kappa shape index (κ3) is 2.67. The van der Waals surface area contributed by atoms with E-state index in [1.54, 1.807) is 0 Å². The molecule has 0 aromatic heterocycles. The van der Waals surface area contributed by atoms with Crippen molar-refractivity contribution in [3.63, 3.8) is 0 Å². The van der Waals surface area contributed by atoms with Crippen molar-refractivity contribution < 1.29 is 18.9 Å². The molecule has 19 heavy (non-hydrogen) atoms. The number of benzene rings is 1. The summed E-state index contributed by atoms with van der Waals surface area (Å²) in [6.45, 7) is 0.556. The molecule has 8 heteroatoms. The number of halogens is 1. The Morgan fingerprint density at radius 2 is 2.21 bits per heavy atom. The Bertz CT molecular complexity index is 561. The first-order chi connectivity index (χ1) is 8.99. The average molecular weight is 267 g/mol. The fourth-order valence-corrected chi connectivity index (χ4v) is 1.78. The number of carbonyl (C=O) groups excluding carboxylic acids is 2. The van der Waals surface area contributed by atoms with E-state index in [0.29, 0.717) is 13.1 Å². The molecule has 2 amide bonds. The van der Waals surface area contributed by atoms with Gasteiger partial charge in [-0.25, -0.2) is 0 Å². The Morgan fingerprint density at radius 3 is 2.79 bits per heavy atom. The van der Waals surface area contributed by atoms with Gasteiger partial charge in [0.25, 0.3) is 5.91 Å². The molecule has 1 N–H and O–H groups in total. The molecule has 0 bridgehead atoms. The second kappa shape index (κ2) is 5.01. The van der Waals surface area contributed by atoms with Gasteiger partial charge in [-0.05, 0) is 12.1 Å². The quantitative estimate of drug-likeness (QED) is 0.616. The zero-order valence-corrected chi connectivity index (χ0v) is 9.76. The lowest BCUT2D eigenvalue weighted by Crippen LogP contribution is -2.49. The summed E-state index contributed by atoms with van der Waals surface area (Å²) in [6.07, 6.45) is 0. The van der Waals surface area contributed by atoms with Crippen LogP contribution in [-0.2, 0) is 4.79 Å². The fourth-order valence-electron chi connectivity index (χ4n) is 1.78. The molecule has 7 nitrogen and oxygen atoms in total. The van der Waals surface area contributed by atoms with Crippen molar-refractivity contribution in [2.24, 2.45) is 0 Å². The van der Waals surface area contributed by atoms with Crippen LogP contribution in [0.25, 0.3) is 0 Å². The van der Waals surface area contributed by atoms with Gasteiger partial charge in [0.2, 0.25) is 11.7 Å². The van der Waals surface area contributed by atoms with Gasteiger partial charge >= 0.3 is 5.69 Å². The van der Waals surface area contributed by atoms with Gasteiger partial charge in [-0.3, -0.25) is 19.7 Å². The van der Waals surface area contributed by atoms with Gasteiger partial charge in [-0.1, -0.05) is 0 Å². The largest absolute Gasteiger partial charge is 0.353 e. The number of hydrogen-bond acceptors (Lipinski definition) is 4. The van der Waals surface area contributed by atoms with Crippen LogP contribution in [0.1, 0.15) is 10.4 Å². The smallest absolute Gasteiger partial charge is 0.304 e. The van der Waals surface area contributed by atoms with Crippen molar-refractivity contribution in [2.45, 2.75) is 0 Å². The van der Waals surface area contributed by atoms with E-state index in [-0.39, 0.29) is 18.0 Å². The summed E-state index contributed by atoms with van der Waals surface area (Å²) in [7, 11) is 0. The van der Waals surface area contributed by atoms with Crippen LogP contribution in [0.5, 0.6) is 0 Å². The molecule has 0 unspecified atom stereocenters. The zero-order chi connectivity index (χ0) is 14.0. The zero-order valence-electron chi connectivity index (χ0n) is 9.76. The van der Waals surface area contributed by atoms with Crippen molar-refractivity contribution in [2.75, 3.05) is 19.6 Å². The molecule has 1 aromatic carbocycles. The highest BCUT2D eigenvalue weighted by Crippen LogP contribution is 2.19. The molecule has 100 valence electrons. The van der Waals surface area contributed by atoms with Crippen LogP contribution in [0, 0.1) is 15.9 Å². The first kappa shape index (κ1) is 12.9. The summed E-state index contributed by atoms with van der Waals surface area (Å²) >= 11 is 0. The molecule has 1 aliphatic heterocycles. The third-order valence-electron chi connectivity index (χ3n) is 2.72. The van der Waals surface area contributed by atoms with Gasteiger partial charge in [-0.15, -0.1) is 0 Å². The van der Waals surface area contributed by atoms with Crippen LogP contribution in [0.15, 0.2) is 18.2 Å². The van der Waals surface area contributed by atoms with Crippen LogP contribution >= 0.6 is 0 Å². The molecular formula is C11H10FN3O4. The van der Waals surface area contributed by atoms with Crippen molar-refractivity contribution in [3.8, 4) is 0 Å². The number of piperazine rings is 1. The lowest BCUT2D eigenvalue weighted by molar-refractivity contribution is -0.387. The monoisotopic (exact) mass is 267 g/mol. The minimum Gasteiger partial charge on any atom is -0.353 e. The number of hydrogen-bond donors (Lipinski definition) is 1. The molecule has 1 heterocycles. The second-order valence-corrected chi connectivity index (χ2v) is 4.00. The molecule has 2 rings (SSSR count). The van der Waals surface area contributed by atoms with Crippen molar-refractivity contribution in [1.29, 1.82) is 0 Å². The average Bonchev–Trinajstić information content (AvgIpc) is 2.37. The first-order valence-corrected chi connectivity index (χ1v) is 5.49. The van der Waals surface area contributed by atoms with Gasteiger partial charge in [0.1, 0.15) is 0 Å². The molecule has 1 saturated heterocycles. The van der Waals surface area contributed by atoms with Crippen molar-refractivity contribution in [1.82, 2.24) is 10.2 Å². The fraction of sp³-hybridized carbons (Fsp3) is 0.273. The summed E-state index contributed by atoms with van der Waals surface area (Å²) < 4.78 is 13.4. The molecule has 0 atom stereocenters. The maximum Gasteiger partial charge on any atom is 0.304 e. The van der Waals surface area contributed by atoms with Crippen molar-refractivity contribution in [3.05, 3.63) is 39.7 Å². The molecule has 0 aliphatic carbocycles. The van der Waals surface area contributed by atoms with E-state index in [2.05, 4.69) is 5.32 Å². The Labute approximate surface area is 107 Å².